The Morgan fingerprint density at radius 3 is 2.32 bits per heavy atom. The Bertz CT molecular complexity index is 557. The zero-order valence-electron chi connectivity index (χ0n) is 9.35. The number of hydrogen-bond acceptors (Lipinski definition) is 7. The predicted octanol–water partition coefficient (Wildman–Crippen LogP) is 0.163. The number of carboxylic acids is 1. The number of benzene rings is 1. The summed E-state index contributed by atoms with van der Waals surface area (Å²) in [5, 5.41) is 39.5. The minimum atomic E-state index is -1.44. The highest BCUT2D eigenvalue weighted by atomic mass is 16.6. The van der Waals surface area contributed by atoms with Gasteiger partial charge >= 0.3 is 11.7 Å². The van der Waals surface area contributed by atoms with Gasteiger partial charge in [0.15, 0.2) is 5.75 Å². The molecule has 4 N–H and O–H groups in total. The van der Waals surface area contributed by atoms with E-state index in [0.717, 1.165) is 6.07 Å². The summed E-state index contributed by atoms with van der Waals surface area (Å²) in [6.07, 6.45) is -0.469. The number of carboxylic acid groups (broad SMARTS) is 1. The lowest BCUT2D eigenvalue weighted by Crippen LogP contribution is -2.32. The van der Waals surface area contributed by atoms with Crippen molar-refractivity contribution in [2.24, 2.45) is 5.73 Å². The molecule has 0 unspecified atom stereocenters. The average molecular weight is 271 g/mol. The first-order valence-corrected chi connectivity index (χ1v) is 4.87. The van der Waals surface area contributed by atoms with Crippen LogP contribution in [0.1, 0.15) is 5.56 Å². The van der Waals surface area contributed by atoms with Crippen molar-refractivity contribution in [3.8, 4) is 5.75 Å². The lowest BCUT2D eigenvalue weighted by Gasteiger charge is -2.08. The molecule has 0 bridgehead atoms. The number of phenolic OH excluding ortho intramolecular Hbond substituents is 1. The number of nitrogens with two attached hydrogens (primary N) is 1. The monoisotopic (exact) mass is 271 g/mol. The maximum absolute atomic E-state index is 10.6. The largest absolute Gasteiger partial charge is 0.502 e. The first-order chi connectivity index (χ1) is 8.73. The van der Waals surface area contributed by atoms with Gasteiger partial charge in [0.2, 0.25) is 0 Å². The molecule has 0 aliphatic carbocycles. The number of nitro benzene ring substituents is 2. The summed E-state index contributed by atoms with van der Waals surface area (Å²) >= 11 is 0. The fourth-order valence-corrected chi connectivity index (χ4v) is 1.39. The number of carbonyl (C=O) groups is 1. The highest BCUT2D eigenvalue weighted by molar-refractivity contribution is 5.74. The molecule has 1 aromatic carbocycles. The SMILES string of the molecule is N[C@@H](Cc1cc([N+](=O)[O-])cc([N+](=O)[O-])c1O)C(=O)O. The smallest absolute Gasteiger partial charge is 0.320 e. The van der Waals surface area contributed by atoms with Crippen molar-refractivity contribution < 1.29 is 24.9 Å². The molecule has 0 saturated carbocycles. The number of aromatic hydroxyl groups is 1. The van der Waals surface area contributed by atoms with Gasteiger partial charge in [-0.2, -0.15) is 0 Å². The molecule has 1 atom stereocenters. The molecular formula is C9H9N3O7. The third kappa shape index (κ3) is 3.13. The third-order valence-electron chi connectivity index (χ3n) is 2.32. The number of aliphatic carboxylic acids is 1. The van der Waals surface area contributed by atoms with Crippen LogP contribution < -0.4 is 5.73 Å². The van der Waals surface area contributed by atoms with Crippen molar-refractivity contribution in [3.63, 3.8) is 0 Å². The van der Waals surface area contributed by atoms with Crippen LogP contribution in [0.15, 0.2) is 12.1 Å². The first kappa shape index (κ1) is 14.3. The van der Waals surface area contributed by atoms with Crippen molar-refractivity contribution in [1.29, 1.82) is 0 Å². The second-order valence-corrected chi connectivity index (χ2v) is 3.64. The maximum Gasteiger partial charge on any atom is 0.320 e. The topological polar surface area (TPSA) is 170 Å². The fraction of sp³-hybridized carbons (Fsp3) is 0.222. The van der Waals surface area contributed by atoms with Crippen molar-refractivity contribution >= 4 is 17.3 Å². The van der Waals surface area contributed by atoms with Crippen LogP contribution in [0.25, 0.3) is 0 Å². The number of non-ortho nitro benzene ring substituents is 1. The summed E-state index contributed by atoms with van der Waals surface area (Å²) in [5.41, 5.74) is 3.45. The lowest BCUT2D eigenvalue weighted by molar-refractivity contribution is -0.394. The Labute approximate surface area is 105 Å². The number of hydrogen-bond donors (Lipinski definition) is 3. The van der Waals surface area contributed by atoms with Crippen LogP contribution >= 0.6 is 0 Å². The van der Waals surface area contributed by atoms with Crippen LogP contribution in [0.4, 0.5) is 11.4 Å². The molecule has 0 spiro atoms. The molecule has 1 aromatic rings. The number of nitrogens with zero attached hydrogens (tertiary/aromatic N) is 2. The average Bonchev–Trinajstić information content (AvgIpc) is 2.30. The van der Waals surface area contributed by atoms with Crippen molar-refractivity contribution in [1.82, 2.24) is 0 Å². The van der Waals surface area contributed by atoms with Gasteiger partial charge < -0.3 is 15.9 Å². The quantitative estimate of drug-likeness (QED) is 0.502. The molecule has 0 aliphatic rings. The molecule has 0 radical (unpaired) electrons. The standard InChI is InChI=1S/C9H9N3O7/c10-6(9(14)15)2-4-1-5(11(16)17)3-7(8(4)13)12(18)19/h1,3,6,13H,2,10H2,(H,14,15)/t6-/m0/s1. The minimum absolute atomic E-state index is 0.268. The molecule has 10 nitrogen and oxygen atoms in total. The zero-order chi connectivity index (χ0) is 14.7. The predicted molar refractivity (Wildman–Crippen MR) is 60.7 cm³/mol. The summed E-state index contributed by atoms with van der Waals surface area (Å²) in [6, 6.07) is 0.00324. The van der Waals surface area contributed by atoms with Crippen LogP contribution in [-0.2, 0) is 11.2 Å². The van der Waals surface area contributed by atoms with E-state index >= 15 is 0 Å². The molecule has 0 amide bonds. The van der Waals surface area contributed by atoms with Crippen molar-refractivity contribution in [2.45, 2.75) is 12.5 Å². The van der Waals surface area contributed by atoms with Crippen LogP contribution in [0.5, 0.6) is 5.75 Å². The Kier molecular flexibility index (Phi) is 3.97. The maximum atomic E-state index is 10.6. The molecule has 0 heterocycles. The number of phenols is 1. The number of rotatable bonds is 5. The van der Waals surface area contributed by atoms with Crippen LogP contribution in [-0.4, -0.2) is 32.1 Å². The number of nitro groups is 2. The van der Waals surface area contributed by atoms with Gasteiger partial charge in [0.05, 0.1) is 15.9 Å². The van der Waals surface area contributed by atoms with Crippen LogP contribution in [0, 0.1) is 20.2 Å². The van der Waals surface area contributed by atoms with Gasteiger partial charge in [-0.15, -0.1) is 0 Å². The summed E-state index contributed by atoms with van der Waals surface area (Å²) in [6.45, 7) is 0. The van der Waals surface area contributed by atoms with Crippen LogP contribution in [0.3, 0.4) is 0 Å². The third-order valence-corrected chi connectivity index (χ3v) is 2.32. The Balaban J connectivity index is 3.33. The Morgan fingerprint density at radius 2 is 1.89 bits per heavy atom. The van der Waals surface area contributed by atoms with E-state index in [4.69, 9.17) is 10.8 Å². The van der Waals surface area contributed by atoms with Gasteiger partial charge in [-0.3, -0.25) is 25.0 Å². The molecule has 10 heteroatoms. The van der Waals surface area contributed by atoms with Gasteiger partial charge in [0.1, 0.15) is 6.04 Å². The molecule has 0 aliphatic heterocycles. The molecule has 0 saturated heterocycles. The normalized spacial score (nSPS) is 11.8. The summed E-state index contributed by atoms with van der Waals surface area (Å²) in [4.78, 5) is 29.9. The van der Waals surface area contributed by atoms with Gasteiger partial charge in [-0.1, -0.05) is 0 Å². The van der Waals surface area contributed by atoms with E-state index in [1.807, 2.05) is 0 Å². The summed E-state index contributed by atoms with van der Waals surface area (Å²) in [7, 11) is 0. The highest BCUT2D eigenvalue weighted by Gasteiger charge is 2.25. The van der Waals surface area contributed by atoms with E-state index in [9.17, 15) is 30.1 Å². The Hall–Kier alpha value is -2.75. The van der Waals surface area contributed by atoms with Gasteiger partial charge in [0.25, 0.3) is 5.69 Å². The van der Waals surface area contributed by atoms with E-state index in [1.54, 1.807) is 0 Å². The van der Waals surface area contributed by atoms with E-state index in [-0.39, 0.29) is 5.56 Å². The summed E-state index contributed by atoms with van der Waals surface area (Å²) in [5.74, 6) is -2.22. The van der Waals surface area contributed by atoms with Gasteiger partial charge in [-0.05, 0) is 0 Å². The van der Waals surface area contributed by atoms with Crippen molar-refractivity contribution in [2.75, 3.05) is 0 Å². The van der Waals surface area contributed by atoms with E-state index in [0.29, 0.717) is 6.07 Å². The summed E-state index contributed by atoms with van der Waals surface area (Å²) < 4.78 is 0. The molecule has 102 valence electrons. The first-order valence-electron chi connectivity index (χ1n) is 4.87. The fourth-order valence-electron chi connectivity index (χ4n) is 1.39. The van der Waals surface area contributed by atoms with E-state index < -0.39 is 45.4 Å². The second-order valence-electron chi connectivity index (χ2n) is 3.64. The highest BCUT2D eigenvalue weighted by Crippen LogP contribution is 2.34. The van der Waals surface area contributed by atoms with E-state index in [2.05, 4.69) is 0 Å². The van der Waals surface area contributed by atoms with Crippen LogP contribution in [0.2, 0.25) is 0 Å². The molecular weight excluding hydrogens is 262 g/mol. The molecule has 1 rings (SSSR count). The van der Waals surface area contributed by atoms with E-state index in [1.165, 1.54) is 0 Å². The molecule has 0 fully saturated rings. The Morgan fingerprint density at radius 1 is 1.32 bits per heavy atom. The van der Waals surface area contributed by atoms with Gasteiger partial charge in [0, 0.05) is 18.1 Å². The van der Waals surface area contributed by atoms with Crippen molar-refractivity contribution in [3.05, 3.63) is 37.9 Å². The zero-order valence-corrected chi connectivity index (χ0v) is 9.35. The second kappa shape index (κ2) is 5.27. The van der Waals surface area contributed by atoms with Gasteiger partial charge in [-0.25, -0.2) is 0 Å². The lowest BCUT2D eigenvalue weighted by atomic mass is 10.0. The molecule has 0 aromatic heterocycles. The molecule has 19 heavy (non-hydrogen) atoms. The minimum Gasteiger partial charge on any atom is -0.502 e.